The minimum Gasteiger partial charge on any atom is -0.481 e. The molecule has 646 valence electrons. The smallest absolute Gasteiger partial charge is 0.303 e. The molecule has 0 radical (unpaired) electrons. The average molecular weight is 1660 g/mol. The fraction of sp³-hybridized carbons (Fsp3) is 0.676. The number of hydrogen-bond donors (Lipinski definition) is 22. The van der Waals surface area contributed by atoms with Crippen molar-refractivity contribution in [2.75, 3.05) is 44.9 Å². The largest absolute Gasteiger partial charge is 0.481 e. The lowest BCUT2D eigenvalue weighted by molar-refractivity contribution is -0.142. The van der Waals surface area contributed by atoms with Crippen molar-refractivity contribution in [3.63, 3.8) is 0 Å². The van der Waals surface area contributed by atoms with E-state index in [1.54, 1.807) is 6.92 Å². The number of carboxylic acid groups (broad SMARTS) is 9. The first kappa shape index (κ1) is 102. The molecule has 1 aliphatic heterocycles. The summed E-state index contributed by atoms with van der Waals surface area (Å²) in [4.78, 5) is 285. The van der Waals surface area contributed by atoms with Crippen molar-refractivity contribution in [2.24, 2.45) is 11.7 Å². The molecule has 1 fully saturated rings. The van der Waals surface area contributed by atoms with Gasteiger partial charge in [-0.15, -0.1) is 0 Å². The van der Waals surface area contributed by atoms with Gasteiger partial charge < -0.3 is 125 Å². The van der Waals surface area contributed by atoms with Gasteiger partial charge in [0.25, 0.3) is 0 Å². The Hall–Kier alpha value is -11.4. The molecule has 0 aromatic heterocycles. The lowest BCUT2D eigenvalue weighted by Gasteiger charge is -2.28. The molecular formula is C68H106N14O32S. The Morgan fingerprint density at radius 2 is 0.704 bits per heavy atom. The van der Waals surface area contributed by atoms with Crippen LogP contribution in [0.3, 0.4) is 0 Å². The maximum absolute atomic E-state index is 14.3. The van der Waals surface area contributed by atoms with E-state index in [-0.39, 0.29) is 44.3 Å². The highest BCUT2D eigenvalue weighted by Gasteiger charge is 2.39. The molecule has 46 nitrogen and oxygen atoms in total. The molecule has 1 rings (SSSR count). The first-order valence-corrected chi connectivity index (χ1v) is 38.0. The van der Waals surface area contributed by atoms with Gasteiger partial charge in [-0.2, -0.15) is 11.8 Å². The Morgan fingerprint density at radius 3 is 1.03 bits per heavy atom. The number of carbonyl (C=O) groups excluding carboxylic acids is 13. The summed E-state index contributed by atoms with van der Waals surface area (Å²) < 4.78 is 5.48. The summed E-state index contributed by atoms with van der Waals surface area (Å²) in [5.74, 6) is -27.6. The number of carbonyl (C=O) groups is 22. The standard InChI is InChI=1S/C68H106N14O32S/c1-34(2)30-45(60(105)71-31-47(83)72-35(3)33-115-4)81-68(113)46-10-7-28-82(46)48(84)32-114-29-27-70-59(104)39(14-21-52(91)92)75-64(109)41(16-23-54(95)96)79-66(111)43(18-25-56(99)100)77-62(107)38(9-6-12-50(87)88)74-63(108)40(15-22-53(93)94)78-67(112)44(19-26-57(101)102)80-65(110)42(17-24-55(97)98)76-61(106)37(8-5-11-49(85)86)73-58(103)36(69)13-20-51(89)90/h34-46H,5-33,69H2,1-4H3,(H,70,104)(H,71,105)(H,72,83)(H,73,103)(H,74,108)(H,75,109)(H,76,106)(H,77,107)(H,78,112)(H,79,111)(H,80,110)(H,81,113)(H,85,86)(H,87,88)(H,89,90)(H,91,92)(H,93,94)(H,95,96)(H,97,98)(H,99,100)(H,101,102)/t35?,36-,37-,38-,39-,40-,41-,42-,43-,44-,45+,46?/m1/s1. The first-order valence-electron chi connectivity index (χ1n) is 36.6. The van der Waals surface area contributed by atoms with Gasteiger partial charge in [-0.1, -0.05) is 13.8 Å². The summed E-state index contributed by atoms with van der Waals surface area (Å²) in [5.41, 5.74) is 5.78. The van der Waals surface area contributed by atoms with E-state index in [0.717, 1.165) is 0 Å². The van der Waals surface area contributed by atoms with Gasteiger partial charge in [0.2, 0.25) is 76.8 Å². The summed E-state index contributed by atoms with van der Waals surface area (Å²) in [7, 11) is 0. The molecular weight excluding hydrogens is 1560 g/mol. The van der Waals surface area contributed by atoms with E-state index >= 15 is 0 Å². The highest BCUT2D eigenvalue weighted by Crippen LogP contribution is 2.20. The molecule has 23 N–H and O–H groups in total. The third-order valence-corrected chi connectivity index (χ3v) is 17.8. The lowest BCUT2D eigenvalue weighted by atomic mass is 10.0. The highest BCUT2D eigenvalue weighted by atomic mass is 32.2. The quantitative estimate of drug-likeness (QED) is 0.0253. The molecule has 0 aromatic carbocycles. The number of nitrogens with two attached hydrogens (primary N) is 1. The molecule has 12 atom stereocenters. The number of hydrogen-bond acceptors (Lipinski definition) is 25. The van der Waals surface area contributed by atoms with E-state index in [1.165, 1.54) is 16.7 Å². The molecule has 2 unspecified atom stereocenters. The Balaban J connectivity index is 3.58. The van der Waals surface area contributed by atoms with Gasteiger partial charge in [-0.25, -0.2) is 0 Å². The normalized spacial score (nSPS) is 15.1. The second kappa shape index (κ2) is 54.4. The lowest BCUT2D eigenvalue weighted by Crippen LogP contribution is -2.60. The van der Waals surface area contributed by atoms with Crippen LogP contribution in [0.4, 0.5) is 0 Å². The molecule has 1 saturated heterocycles. The van der Waals surface area contributed by atoms with Gasteiger partial charge in [0, 0.05) is 82.7 Å². The van der Waals surface area contributed by atoms with Crippen molar-refractivity contribution < 1.29 is 156 Å². The van der Waals surface area contributed by atoms with Crippen LogP contribution in [0.2, 0.25) is 0 Å². The number of aliphatic carboxylic acids is 9. The fourth-order valence-electron chi connectivity index (χ4n) is 11.1. The average Bonchev–Trinajstić information content (AvgIpc) is 1.31. The van der Waals surface area contributed by atoms with Gasteiger partial charge in [0.1, 0.15) is 67.0 Å². The number of nitrogens with zero attached hydrogens (tertiary/aromatic N) is 1. The van der Waals surface area contributed by atoms with E-state index < -0.39 is 339 Å². The van der Waals surface area contributed by atoms with Crippen LogP contribution in [0.25, 0.3) is 0 Å². The Morgan fingerprint density at radius 1 is 0.391 bits per heavy atom. The zero-order valence-corrected chi connectivity index (χ0v) is 64.7. The minimum absolute atomic E-state index is 0.0894. The summed E-state index contributed by atoms with van der Waals surface area (Å²) in [6.07, 6.45) is -12.2. The number of amides is 13. The van der Waals surface area contributed by atoms with Crippen molar-refractivity contribution in [1.82, 2.24) is 68.7 Å². The Labute approximate surface area is 662 Å². The number of nitrogens with one attached hydrogen (secondary N) is 12. The zero-order chi connectivity index (χ0) is 87.2. The van der Waals surface area contributed by atoms with Crippen LogP contribution in [0, 0.1) is 5.92 Å². The molecule has 1 heterocycles. The van der Waals surface area contributed by atoms with Crippen LogP contribution in [-0.4, -0.2) is 299 Å². The summed E-state index contributed by atoms with van der Waals surface area (Å²) >= 11 is 1.51. The molecule has 1 aliphatic rings. The maximum Gasteiger partial charge on any atom is 0.303 e. The number of thioether (sulfide) groups is 1. The SMILES string of the molecule is CSCC(C)NC(=O)CNC(=O)[C@H](CC(C)C)NC(=O)C1CCCN1C(=O)COCCNC(=O)[C@@H](CCC(=O)O)NC(=O)[C@@H](CCC(=O)O)NC(=O)[C@@H](CCC(=O)O)NC(=O)[C@@H](CCCC(=O)O)NC(=O)[C@@H](CCC(=O)O)NC(=O)[C@@H](CCC(=O)O)NC(=O)[C@@H](CCC(=O)O)NC(=O)[C@@H](CCCC(=O)O)NC(=O)[C@H](N)CCC(=O)O. The van der Waals surface area contributed by atoms with Crippen molar-refractivity contribution in [1.29, 1.82) is 0 Å². The number of carboxylic acids is 9. The van der Waals surface area contributed by atoms with Crippen LogP contribution in [0.5, 0.6) is 0 Å². The van der Waals surface area contributed by atoms with Crippen molar-refractivity contribution in [3.05, 3.63) is 0 Å². The van der Waals surface area contributed by atoms with Gasteiger partial charge in [-0.05, 0) is 109 Å². The third-order valence-electron chi connectivity index (χ3n) is 17.0. The van der Waals surface area contributed by atoms with E-state index in [2.05, 4.69) is 63.8 Å². The van der Waals surface area contributed by atoms with Crippen molar-refractivity contribution in [2.45, 2.75) is 241 Å². The van der Waals surface area contributed by atoms with Crippen LogP contribution in [0.15, 0.2) is 0 Å². The predicted molar refractivity (Wildman–Crippen MR) is 393 cm³/mol. The van der Waals surface area contributed by atoms with Crippen molar-refractivity contribution in [3.8, 4) is 0 Å². The van der Waals surface area contributed by atoms with E-state index in [9.17, 15) is 146 Å². The topological polar surface area (TPSA) is 740 Å². The fourth-order valence-corrected chi connectivity index (χ4v) is 11.7. The molecule has 0 aliphatic carbocycles. The highest BCUT2D eigenvalue weighted by molar-refractivity contribution is 7.98. The second-order valence-corrected chi connectivity index (χ2v) is 28.0. The second-order valence-electron chi connectivity index (χ2n) is 27.1. The number of rotatable bonds is 61. The minimum atomic E-state index is -2.13. The van der Waals surface area contributed by atoms with Crippen molar-refractivity contribution >= 4 is 142 Å². The Bertz CT molecular complexity index is 3440. The van der Waals surface area contributed by atoms with Gasteiger partial charge in [0.15, 0.2) is 0 Å². The van der Waals surface area contributed by atoms with Crippen LogP contribution < -0.4 is 69.5 Å². The monoisotopic (exact) mass is 1660 g/mol. The Kier molecular flexibility index (Phi) is 48.0. The summed E-state index contributed by atoms with van der Waals surface area (Å²) in [6.45, 7) is 3.72. The molecule has 0 bridgehead atoms. The molecule has 0 aromatic rings. The maximum atomic E-state index is 14.3. The van der Waals surface area contributed by atoms with E-state index in [4.69, 9.17) is 15.6 Å². The zero-order valence-electron chi connectivity index (χ0n) is 63.9. The predicted octanol–water partition coefficient (Wildman–Crippen LogP) is -5.61. The van der Waals surface area contributed by atoms with Crippen LogP contribution in [-0.2, 0) is 110 Å². The van der Waals surface area contributed by atoms with Gasteiger partial charge in [0.05, 0.1) is 19.2 Å². The van der Waals surface area contributed by atoms with Gasteiger partial charge >= 0.3 is 53.7 Å². The molecule has 13 amide bonds. The third kappa shape index (κ3) is 44.0. The number of ether oxygens (including phenoxy) is 1. The summed E-state index contributed by atoms with van der Waals surface area (Å²) in [5, 5.41) is 113. The first-order chi connectivity index (χ1) is 53.9. The molecule has 0 spiro atoms. The van der Waals surface area contributed by atoms with E-state index in [1.807, 2.05) is 20.1 Å². The van der Waals surface area contributed by atoms with Gasteiger partial charge in [-0.3, -0.25) is 105 Å². The van der Waals surface area contributed by atoms with E-state index in [0.29, 0.717) is 12.2 Å². The number of likely N-dealkylation sites (tertiary alicyclic amines) is 1. The van der Waals surface area contributed by atoms with Crippen LogP contribution >= 0.6 is 11.8 Å². The summed E-state index contributed by atoms with van der Waals surface area (Å²) in [6, 6.07) is -19.7. The molecule has 115 heavy (non-hydrogen) atoms. The molecule has 47 heteroatoms. The van der Waals surface area contributed by atoms with Crippen LogP contribution in [0.1, 0.15) is 168 Å². The molecule has 0 saturated carbocycles.